The first-order valence-corrected chi connectivity index (χ1v) is 7.02. The summed E-state index contributed by atoms with van der Waals surface area (Å²) >= 11 is 0. The van der Waals surface area contributed by atoms with Gasteiger partial charge in [-0.15, -0.1) is 0 Å². The van der Waals surface area contributed by atoms with Gasteiger partial charge in [-0.3, -0.25) is 4.90 Å². The Hall–Kier alpha value is -0.160. The van der Waals surface area contributed by atoms with Crippen molar-refractivity contribution in [3.8, 4) is 0 Å². The van der Waals surface area contributed by atoms with Gasteiger partial charge in [-0.2, -0.15) is 0 Å². The van der Waals surface area contributed by atoms with Crippen LogP contribution in [0.3, 0.4) is 0 Å². The van der Waals surface area contributed by atoms with Crippen LogP contribution >= 0.6 is 0 Å². The molecule has 1 N–H and O–H groups in total. The van der Waals surface area contributed by atoms with Gasteiger partial charge in [-0.1, -0.05) is 0 Å². The molecule has 0 unspecified atom stereocenters. The van der Waals surface area contributed by atoms with E-state index in [1.54, 1.807) is 0 Å². The van der Waals surface area contributed by atoms with E-state index in [0.29, 0.717) is 12.1 Å². The van der Waals surface area contributed by atoms with Crippen LogP contribution in [0.1, 0.15) is 32.1 Å². The fraction of sp³-hybridized carbons (Fsp3) is 1.00. The molecule has 4 heteroatoms. The van der Waals surface area contributed by atoms with Crippen molar-refractivity contribution < 1.29 is 9.47 Å². The second-order valence-corrected chi connectivity index (χ2v) is 5.56. The van der Waals surface area contributed by atoms with Gasteiger partial charge in [0.05, 0.1) is 13.2 Å². The van der Waals surface area contributed by atoms with Crippen molar-refractivity contribution in [3.05, 3.63) is 0 Å². The van der Waals surface area contributed by atoms with Crippen molar-refractivity contribution in [1.29, 1.82) is 0 Å². The molecule has 17 heavy (non-hydrogen) atoms. The third-order valence-electron chi connectivity index (χ3n) is 4.61. The highest BCUT2D eigenvalue weighted by molar-refractivity contribution is 4.96. The number of nitrogens with zero attached hydrogens (tertiary/aromatic N) is 1. The number of likely N-dealkylation sites (N-methyl/N-ethyl adjacent to an activating group) is 1. The Kier molecular flexibility index (Phi) is 3.39. The van der Waals surface area contributed by atoms with Crippen LogP contribution < -0.4 is 5.32 Å². The van der Waals surface area contributed by atoms with Crippen LogP contribution in [0.5, 0.6) is 0 Å². The molecule has 3 fully saturated rings. The van der Waals surface area contributed by atoms with Crippen LogP contribution in [-0.4, -0.2) is 56.1 Å². The van der Waals surface area contributed by atoms with E-state index < -0.39 is 0 Å². The van der Waals surface area contributed by atoms with Crippen LogP contribution in [0.15, 0.2) is 0 Å². The summed E-state index contributed by atoms with van der Waals surface area (Å²) in [6, 6.07) is 1.20. The van der Waals surface area contributed by atoms with Gasteiger partial charge >= 0.3 is 0 Å². The van der Waals surface area contributed by atoms with Gasteiger partial charge in [0.2, 0.25) is 0 Å². The van der Waals surface area contributed by atoms with E-state index in [4.69, 9.17) is 9.47 Å². The van der Waals surface area contributed by atoms with Crippen molar-refractivity contribution in [1.82, 2.24) is 10.2 Å². The van der Waals surface area contributed by atoms with E-state index in [0.717, 1.165) is 26.1 Å². The SMILES string of the molecule is CN[C@H]1CC2(CC[C@@H]1N1CCCC1)OCCO2. The van der Waals surface area contributed by atoms with Crippen LogP contribution in [0.4, 0.5) is 0 Å². The number of nitrogens with one attached hydrogen (secondary N) is 1. The van der Waals surface area contributed by atoms with Crippen LogP contribution in [0, 0.1) is 0 Å². The van der Waals surface area contributed by atoms with Crippen molar-refractivity contribution in [2.75, 3.05) is 33.4 Å². The average molecular weight is 240 g/mol. The zero-order valence-electron chi connectivity index (χ0n) is 10.8. The minimum absolute atomic E-state index is 0.260. The molecular formula is C13H24N2O2. The van der Waals surface area contributed by atoms with Gasteiger partial charge in [0, 0.05) is 24.9 Å². The normalized spacial score (nSPS) is 37.9. The van der Waals surface area contributed by atoms with Crippen molar-refractivity contribution in [3.63, 3.8) is 0 Å². The first-order chi connectivity index (χ1) is 8.33. The van der Waals surface area contributed by atoms with Gasteiger partial charge in [-0.05, 0) is 39.4 Å². The zero-order chi connectivity index (χ0) is 11.7. The zero-order valence-corrected chi connectivity index (χ0v) is 10.8. The fourth-order valence-electron chi connectivity index (χ4n) is 3.71. The fourth-order valence-corrected chi connectivity index (χ4v) is 3.71. The second kappa shape index (κ2) is 4.84. The van der Waals surface area contributed by atoms with E-state index in [2.05, 4.69) is 17.3 Å². The molecule has 0 aromatic heterocycles. The molecule has 1 spiro atoms. The van der Waals surface area contributed by atoms with E-state index >= 15 is 0 Å². The van der Waals surface area contributed by atoms with Crippen LogP contribution in [-0.2, 0) is 9.47 Å². The molecule has 0 bridgehead atoms. The molecule has 2 aliphatic heterocycles. The quantitative estimate of drug-likeness (QED) is 0.780. The molecule has 98 valence electrons. The third-order valence-corrected chi connectivity index (χ3v) is 4.61. The third kappa shape index (κ3) is 2.24. The smallest absolute Gasteiger partial charge is 0.170 e. The minimum atomic E-state index is -0.260. The molecule has 0 radical (unpaired) electrons. The summed E-state index contributed by atoms with van der Waals surface area (Å²) in [5.41, 5.74) is 0. The number of likely N-dealkylation sites (tertiary alicyclic amines) is 1. The summed E-state index contributed by atoms with van der Waals surface area (Å²) in [5, 5.41) is 3.48. The lowest BCUT2D eigenvalue weighted by Gasteiger charge is -2.44. The highest BCUT2D eigenvalue weighted by Gasteiger charge is 2.46. The molecule has 3 aliphatic rings. The molecule has 4 nitrogen and oxygen atoms in total. The summed E-state index contributed by atoms with van der Waals surface area (Å²) in [6.45, 7) is 4.09. The summed E-state index contributed by atoms with van der Waals surface area (Å²) in [7, 11) is 2.07. The first-order valence-electron chi connectivity index (χ1n) is 7.02. The maximum absolute atomic E-state index is 5.84. The number of rotatable bonds is 2. The predicted octanol–water partition coefficient (Wildman–Crippen LogP) is 0.966. The van der Waals surface area contributed by atoms with Gasteiger partial charge < -0.3 is 14.8 Å². The number of hydrogen-bond acceptors (Lipinski definition) is 4. The highest BCUT2D eigenvalue weighted by Crippen LogP contribution is 2.38. The summed E-state index contributed by atoms with van der Waals surface area (Å²) in [6.07, 6.45) is 6.00. The Morgan fingerprint density at radius 2 is 1.88 bits per heavy atom. The topological polar surface area (TPSA) is 33.7 Å². The van der Waals surface area contributed by atoms with E-state index in [-0.39, 0.29) is 5.79 Å². The summed E-state index contributed by atoms with van der Waals surface area (Å²) < 4.78 is 11.7. The van der Waals surface area contributed by atoms with Gasteiger partial charge in [0.15, 0.2) is 5.79 Å². The van der Waals surface area contributed by atoms with Crippen LogP contribution in [0.2, 0.25) is 0 Å². The van der Waals surface area contributed by atoms with Gasteiger partial charge in [-0.25, -0.2) is 0 Å². The van der Waals surface area contributed by atoms with Crippen molar-refractivity contribution >= 4 is 0 Å². The predicted molar refractivity (Wildman–Crippen MR) is 65.9 cm³/mol. The Labute approximate surface area is 104 Å². The first kappa shape index (κ1) is 11.9. The maximum atomic E-state index is 5.84. The van der Waals surface area contributed by atoms with Crippen molar-refractivity contribution in [2.45, 2.75) is 50.0 Å². The van der Waals surface area contributed by atoms with Crippen molar-refractivity contribution in [2.24, 2.45) is 0 Å². The molecule has 2 heterocycles. The largest absolute Gasteiger partial charge is 0.347 e. The Morgan fingerprint density at radius 1 is 1.18 bits per heavy atom. The number of ether oxygens (including phenoxy) is 2. The van der Waals surface area contributed by atoms with E-state index in [9.17, 15) is 0 Å². The molecule has 2 atom stereocenters. The average Bonchev–Trinajstić information content (AvgIpc) is 3.01. The Morgan fingerprint density at radius 3 is 2.53 bits per heavy atom. The summed E-state index contributed by atoms with van der Waals surface area (Å²) in [5.74, 6) is -0.260. The van der Waals surface area contributed by atoms with Gasteiger partial charge in [0.25, 0.3) is 0 Å². The summed E-state index contributed by atoms with van der Waals surface area (Å²) in [4.78, 5) is 2.66. The second-order valence-electron chi connectivity index (χ2n) is 5.56. The lowest BCUT2D eigenvalue weighted by molar-refractivity contribution is -0.189. The van der Waals surface area contributed by atoms with Crippen LogP contribution in [0.25, 0.3) is 0 Å². The molecular weight excluding hydrogens is 216 g/mol. The molecule has 3 rings (SSSR count). The molecule has 2 saturated heterocycles. The molecule has 1 aliphatic carbocycles. The van der Waals surface area contributed by atoms with E-state index in [1.165, 1.54) is 32.4 Å². The maximum Gasteiger partial charge on any atom is 0.170 e. The Balaban J connectivity index is 1.67. The molecule has 0 aromatic rings. The Bertz CT molecular complexity index is 260. The monoisotopic (exact) mass is 240 g/mol. The van der Waals surface area contributed by atoms with E-state index in [1.807, 2.05) is 0 Å². The molecule has 0 aromatic carbocycles. The standard InChI is InChI=1S/C13H24N2O2/c1-14-11-10-13(16-8-9-17-13)5-4-12(11)15-6-2-3-7-15/h11-12,14H,2-10H2,1H3/t11-,12-/m0/s1. The number of hydrogen-bond donors (Lipinski definition) is 1. The molecule has 0 amide bonds. The lowest BCUT2D eigenvalue weighted by Crippen LogP contribution is -2.56. The molecule has 1 saturated carbocycles. The lowest BCUT2D eigenvalue weighted by atomic mass is 9.85. The van der Waals surface area contributed by atoms with Gasteiger partial charge in [0.1, 0.15) is 0 Å². The minimum Gasteiger partial charge on any atom is -0.347 e. The highest BCUT2D eigenvalue weighted by atomic mass is 16.7.